The first-order valence-corrected chi connectivity index (χ1v) is 12.6. The lowest BCUT2D eigenvalue weighted by molar-refractivity contribution is -0.118. The van der Waals surface area contributed by atoms with E-state index in [0.29, 0.717) is 46.4 Å². The third kappa shape index (κ3) is 6.50. The topological polar surface area (TPSA) is 58.6 Å². The molecule has 3 aromatic carbocycles. The number of nitrogens with zero attached hydrogens (tertiary/aromatic N) is 1. The zero-order valence-corrected chi connectivity index (χ0v) is 22.2. The summed E-state index contributed by atoms with van der Waals surface area (Å²) in [7, 11) is 0. The molecule has 1 aliphatic rings. The van der Waals surface area contributed by atoms with Crippen molar-refractivity contribution in [2.75, 3.05) is 16.8 Å². The van der Waals surface area contributed by atoms with Crippen LogP contribution in [0.25, 0.3) is 6.08 Å². The minimum absolute atomic E-state index is 0.203. The molecule has 0 unspecified atom stereocenters. The van der Waals surface area contributed by atoms with Crippen molar-refractivity contribution < 1.29 is 14.3 Å². The van der Waals surface area contributed by atoms with E-state index in [9.17, 15) is 9.59 Å². The van der Waals surface area contributed by atoms with E-state index in [1.165, 1.54) is 16.7 Å². The zero-order valence-electron chi connectivity index (χ0n) is 17.6. The standard InChI is InChI=1S/C24H14Cl4N2O3S2/c25-14-8-15(26)10-16(9-14)29-22(31)12-33-18-4-1-13(2-5-18)7-21-23(32)30(24(34)35-21)17-3-6-19(27)20(28)11-17/h1-11H,12H2,(H,29,31)/b21-7-. The summed E-state index contributed by atoms with van der Waals surface area (Å²) in [5.74, 6) is -0.125. The SMILES string of the molecule is O=C(COc1ccc(/C=C2\SC(=S)N(c3ccc(Cl)c(Cl)c3)C2=O)cc1)Nc1cc(Cl)cc(Cl)c1. The molecule has 178 valence electrons. The van der Waals surface area contributed by atoms with Gasteiger partial charge in [0.05, 0.1) is 20.6 Å². The van der Waals surface area contributed by atoms with Gasteiger partial charge in [0.2, 0.25) is 0 Å². The summed E-state index contributed by atoms with van der Waals surface area (Å²) in [5.41, 5.74) is 1.79. The van der Waals surface area contributed by atoms with E-state index >= 15 is 0 Å². The van der Waals surface area contributed by atoms with Crippen molar-refractivity contribution >= 4 is 104 Å². The molecular formula is C24H14Cl4N2O3S2. The van der Waals surface area contributed by atoms with E-state index in [2.05, 4.69) is 5.32 Å². The average Bonchev–Trinajstić information content (AvgIpc) is 3.07. The molecule has 4 rings (SSSR count). The van der Waals surface area contributed by atoms with Gasteiger partial charge in [0.25, 0.3) is 11.8 Å². The van der Waals surface area contributed by atoms with Crippen LogP contribution in [0.15, 0.2) is 65.6 Å². The summed E-state index contributed by atoms with van der Waals surface area (Å²) in [6.45, 7) is -0.203. The fraction of sp³-hybridized carbons (Fsp3) is 0.0417. The van der Waals surface area contributed by atoms with E-state index < -0.39 is 0 Å². The minimum atomic E-state index is -0.363. The number of anilines is 2. The lowest BCUT2D eigenvalue weighted by Gasteiger charge is -2.15. The predicted octanol–water partition coefficient (Wildman–Crippen LogP) is 7.72. The van der Waals surface area contributed by atoms with Crippen molar-refractivity contribution in [2.45, 2.75) is 0 Å². The largest absolute Gasteiger partial charge is 0.484 e. The Morgan fingerprint density at radius 3 is 2.31 bits per heavy atom. The van der Waals surface area contributed by atoms with Gasteiger partial charge < -0.3 is 10.1 Å². The Balaban J connectivity index is 1.38. The quantitative estimate of drug-likeness (QED) is 0.238. The third-order valence-corrected chi connectivity index (χ3v) is 7.13. The maximum atomic E-state index is 12.9. The number of hydrogen-bond donors (Lipinski definition) is 1. The Labute approximate surface area is 230 Å². The van der Waals surface area contributed by atoms with Crippen LogP contribution in [0.4, 0.5) is 11.4 Å². The summed E-state index contributed by atoms with van der Waals surface area (Å²) in [6.07, 6.45) is 1.73. The van der Waals surface area contributed by atoms with Crippen LogP contribution in [0, 0.1) is 0 Å². The lowest BCUT2D eigenvalue weighted by atomic mass is 10.2. The monoisotopic (exact) mass is 582 g/mol. The van der Waals surface area contributed by atoms with Crippen molar-refractivity contribution in [3.8, 4) is 5.75 Å². The van der Waals surface area contributed by atoms with E-state index in [0.717, 1.165) is 5.56 Å². The highest BCUT2D eigenvalue weighted by molar-refractivity contribution is 8.27. The molecule has 0 radical (unpaired) electrons. The van der Waals surface area contributed by atoms with Crippen molar-refractivity contribution in [3.63, 3.8) is 0 Å². The molecule has 5 nitrogen and oxygen atoms in total. The Bertz CT molecular complexity index is 1340. The molecule has 1 aliphatic heterocycles. The molecule has 1 saturated heterocycles. The molecule has 35 heavy (non-hydrogen) atoms. The number of carbonyl (C=O) groups excluding carboxylic acids is 2. The first-order valence-electron chi connectivity index (χ1n) is 9.91. The fourth-order valence-corrected chi connectivity index (χ4v) is 5.22. The Kier molecular flexibility index (Phi) is 8.27. The Morgan fingerprint density at radius 1 is 0.971 bits per heavy atom. The van der Waals surface area contributed by atoms with Gasteiger partial charge >= 0.3 is 0 Å². The van der Waals surface area contributed by atoms with Gasteiger partial charge in [-0.3, -0.25) is 14.5 Å². The molecule has 1 N–H and O–H groups in total. The molecule has 0 atom stereocenters. The second-order valence-corrected chi connectivity index (χ2v) is 10.5. The fourth-order valence-electron chi connectivity index (χ4n) is 3.10. The highest BCUT2D eigenvalue weighted by Crippen LogP contribution is 2.38. The molecule has 1 fully saturated rings. The molecule has 3 aromatic rings. The number of halogens is 4. The number of nitrogens with one attached hydrogen (secondary N) is 1. The van der Waals surface area contributed by atoms with Crippen molar-refractivity contribution in [2.24, 2.45) is 0 Å². The number of rotatable bonds is 6. The first-order chi connectivity index (χ1) is 16.7. The van der Waals surface area contributed by atoms with Crippen molar-refractivity contribution in [1.82, 2.24) is 0 Å². The number of carbonyl (C=O) groups is 2. The summed E-state index contributed by atoms with van der Waals surface area (Å²) in [5, 5.41) is 4.23. The van der Waals surface area contributed by atoms with Crippen LogP contribution in [0.2, 0.25) is 20.1 Å². The highest BCUT2D eigenvalue weighted by Gasteiger charge is 2.33. The Morgan fingerprint density at radius 2 is 1.66 bits per heavy atom. The molecule has 0 aliphatic carbocycles. The van der Waals surface area contributed by atoms with Crippen LogP contribution in [-0.2, 0) is 9.59 Å². The summed E-state index contributed by atoms with van der Waals surface area (Å²) in [4.78, 5) is 27.0. The first kappa shape index (κ1) is 25.8. The second kappa shape index (κ2) is 11.2. The molecule has 11 heteroatoms. The summed E-state index contributed by atoms with van der Waals surface area (Å²) >= 11 is 30.5. The zero-order chi connectivity index (χ0) is 25.1. The number of benzene rings is 3. The molecule has 0 saturated carbocycles. The number of thioether (sulfide) groups is 1. The minimum Gasteiger partial charge on any atom is -0.484 e. The maximum absolute atomic E-state index is 12.9. The van der Waals surface area contributed by atoms with Gasteiger partial charge in [-0.05, 0) is 60.2 Å². The van der Waals surface area contributed by atoms with Crippen molar-refractivity contribution in [1.29, 1.82) is 0 Å². The van der Waals surface area contributed by atoms with Crippen LogP contribution in [0.1, 0.15) is 5.56 Å². The molecule has 0 bridgehead atoms. The molecular weight excluding hydrogens is 570 g/mol. The van der Waals surface area contributed by atoms with Crippen LogP contribution >= 0.6 is 70.4 Å². The molecule has 1 heterocycles. The molecule has 0 spiro atoms. The van der Waals surface area contributed by atoms with Gasteiger partial charge in [0, 0.05) is 15.7 Å². The molecule has 0 aromatic heterocycles. The molecule has 2 amide bonds. The average molecular weight is 584 g/mol. The van der Waals surface area contributed by atoms with E-state index in [1.807, 2.05) is 0 Å². The number of hydrogen-bond acceptors (Lipinski definition) is 5. The van der Waals surface area contributed by atoms with Crippen LogP contribution < -0.4 is 15.0 Å². The van der Waals surface area contributed by atoms with Gasteiger partial charge in [0.15, 0.2) is 10.9 Å². The summed E-state index contributed by atoms with van der Waals surface area (Å²) in [6, 6.07) is 16.6. The van der Waals surface area contributed by atoms with Crippen molar-refractivity contribution in [3.05, 3.63) is 91.2 Å². The normalized spacial score (nSPS) is 14.5. The van der Waals surface area contributed by atoms with Crippen LogP contribution in [0.3, 0.4) is 0 Å². The third-order valence-electron chi connectivity index (χ3n) is 4.65. The van der Waals surface area contributed by atoms with Gasteiger partial charge in [0.1, 0.15) is 5.75 Å². The summed E-state index contributed by atoms with van der Waals surface area (Å²) < 4.78 is 5.93. The van der Waals surface area contributed by atoms with Gasteiger partial charge in [-0.2, -0.15) is 0 Å². The number of ether oxygens (including phenoxy) is 1. The Hall–Kier alpha value is -2.26. The van der Waals surface area contributed by atoms with E-state index in [-0.39, 0.29) is 18.4 Å². The van der Waals surface area contributed by atoms with Gasteiger partial charge in [-0.15, -0.1) is 0 Å². The van der Waals surface area contributed by atoms with Gasteiger partial charge in [-0.25, -0.2) is 0 Å². The van der Waals surface area contributed by atoms with Gasteiger partial charge in [-0.1, -0.05) is 82.5 Å². The lowest BCUT2D eigenvalue weighted by Crippen LogP contribution is -2.27. The number of thiocarbonyl (C=S) groups is 1. The predicted molar refractivity (Wildman–Crippen MR) is 149 cm³/mol. The highest BCUT2D eigenvalue weighted by atomic mass is 35.5. The maximum Gasteiger partial charge on any atom is 0.270 e. The van der Waals surface area contributed by atoms with E-state index in [1.54, 1.807) is 66.7 Å². The van der Waals surface area contributed by atoms with E-state index in [4.69, 9.17) is 63.4 Å². The second-order valence-electron chi connectivity index (χ2n) is 7.18. The smallest absolute Gasteiger partial charge is 0.270 e. The van der Waals surface area contributed by atoms with Crippen LogP contribution in [0.5, 0.6) is 5.75 Å². The van der Waals surface area contributed by atoms with Crippen LogP contribution in [-0.4, -0.2) is 22.7 Å². The number of amides is 2.